The van der Waals surface area contributed by atoms with Crippen LogP contribution in [0.25, 0.3) is 0 Å². The van der Waals surface area contributed by atoms with E-state index in [9.17, 15) is 4.79 Å². The number of fused-ring (bicyclic) bond motifs is 1. The average Bonchev–Trinajstić information content (AvgIpc) is 3.06. The Hall–Kier alpha value is -2.43. The molecular weight excluding hydrogens is 300 g/mol. The van der Waals surface area contributed by atoms with E-state index >= 15 is 0 Å². The van der Waals surface area contributed by atoms with Crippen LogP contribution in [0.5, 0.6) is 0 Å². The van der Waals surface area contributed by atoms with Crippen molar-refractivity contribution in [3.8, 4) is 0 Å². The summed E-state index contributed by atoms with van der Waals surface area (Å²) in [6, 6.07) is 7.88. The molecule has 2 aliphatic rings. The zero-order valence-corrected chi connectivity index (χ0v) is 13.9. The third-order valence-electron chi connectivity index (χ3n) is 5.26. The number of pyridine rings is 2. The molecule has 2 aliphatic heterocycles. The van der Waals surface area contributed by atoms with E-state index in [0.717, 1.165) is 38.3 Å². The second kappa shape index (κ2) is 6.23. The number of nitrogens with zero attached hydrogens (tertiary/aromatic N) is 4. The molecule has 0 spiro atoms. The lowest BCUT2D eigenvalue weighted by molar-refractivity contribution is 0.0784. The first kappa shape index (κ1) is 15.1. The van der Waals surface area contributed by atoms with Crippen molar-refractivity contribution in [1.29, 1.82) is 0 Å². The highest BCUT2D eigenvalue weighted by Gasteiger charge is 2.39. The molecule has 24 heavy (non-hydrogen) atoms. The molecule has 2 saturated heterocycles. The van der Waals surface area contributed by atoms with E-state index in [1.165, 1.54) is 5.69 Å². The molecular formula is C19H22N4O. The fourth-order valence-electron chi connectivity index (χ4n) is 3.89. The van der Waals surface area contributed by atoms with Gasteiger partial charge in [0.2, 0.25) is 0 Å². The second-order valence-electron chi connectivity index (χ2n) is 6.86. The van der Waals surface area contributed by atoms with E-state index in [-0.39, 0.29) is 5.91 Å². The van der Waals surface area contributed by atoms with Gasteiger partial charge in [0, 0.05) is 44.3 Å². The van der Waals surface area contributed by atoms with Gasteiger partial charge in [-0.2, -0.15) is 0 Å². The summed E-state index contributed by atoms with van der Waals surface area (Å²) >= 11 is 0. The molecule has 1 amide bonds. The number of carbonyl (C=O) groups is 1. The molecule has 124 valence electrons. The zero-order valence-electron chi connectivity index (χ0n) is 13.9. The highest BCUT2D eigenvalue weighted by molar-refractivity contribution is 5.94. The van der Waals surface area contributed by atoms with E-state index in [4.69, 9.17) is 0 Å². The van der Waals surface area contributed by atoms with Crippen molar-refractivity contribution < 1.29 is 4.79 Å². The summed E-state index contributed by atoms with van der Waals surface area (Å²) in [5.74, 6) is 1.27. The molecule has 0 N–H and O–H groups in total. The van der Waals surface area contributed by atoms with Gasteiger partial charge in [-0.15, -0.1) is 0 Å². The van der Waals surface area contributed by atoms with Crippen LogP contribution in [0.2, 0.25) is 0 Å². The maximum atomic E-state index is 12.7. The Morgan fingerprint density at radius 2 is 2.00 bits per heavy atom. The standard InChI is InChI=1S/C19H22N4O/c1-14-4-5-15(9-21-14)19(24)23-11-16-6-8-22(12-17(16)13-23)18-3-2-7-20-10-18/h2-5,7,9-10,16-17H,6,8,11-13H2,1H3/t16-,17+/m1/s1. The fraction of sp³-hybridized carbons (Fsp3) is 0.421. The van der Waals surface area contributed by atoms with E-state index in [1.807, 2.05) is 42.4 Å². The van der Waals surface area contributed by atoms with E-state index in [2.05, 4.69) is 20.9 Å². The number of aromatic nitrogens is 2. The van der Waals surface area contributed by atoms with E-state index < -0.39 is 0 Å². The number of anilines is 1. The highest BCUT2D eigenvalue weighted by Crippen LogP contribution is 2.33. The van der Waals surface area contributed by atoms with Crippen molar-refractivity contribution in [3.05, 3.63) is 54.1 Å². The van der Waals surface area contributed by atoms with Gasteiger partial charge >= 0.3 is 0 Å². The van der Waals surface area contributed by atoms with Crippen LogP contribution >= 0.6 is 0 Å². The maximum Gasteiger partial charge on any atom is 0.255 e. The molecule has 2 atom stereocenters. The van der Waals surface area contributed by atoms with Gasteiger partial charge in [-0.25, -0.2) is 0 Å². The Morgan fingerprint density at radius 1 is 1.12 bits per heavy atom. The molecule has 0 aliphatic carbocycles. The number of rotatable bonds is 2. The molecule has 0 aromatic carbocycles. The number of piperidine rings is 1. The Morgan fingerprint density at radius 3 is 2.75 bits per heavy atom. The van der Waals surface area contributed by atoms with Crippen molar-refractivity contribution in [2.75, 3.05) is 31.1 Å². The Balaban J connectivity index is 1.44. The minimum absolute atomic E-state index is 0.116. The predicted octanol–water partition coefficient (Wildman–Crippen LogP) is 2.38. The lowest BCUT2D eigenvalue weighted by Gasteiger charge is -2.35. The van der Waals surface area contributed by atoms with Crippen LogP contribution < -0.4 is 4.90 Å². The van der Waals surface area contributed by atoms with E-state index in [0.29, 0.717) is 17.4 Å². The number of amides is 1. The normalized spacial score (nSPS) is 23.2. The van der Waals surface area contributed by atoms with Gasteiger partial charge in [0.1, 0.15) is 0 Å². The molecule has 2 fully saturated rings. The predicted molar refractivity (Wildman–Crippen MR) is 92.9 cm³/mol. The van der Waals surface area contributed by atoms with Crippen molar-refractivity contribution in [2.24, 2.45) is 11.8 Å². The number of aryl methyl sites for hydroxylation is 1. The van der Waals surface area contributed by atoms with Crippen LogP contribution in [0.3, 0.4) is 0 Å². The summed E-state index contributed by atoms with van der Waals surface area (Å²) in [6.07, 6.45) is 6.56. The highest BCUT2D eigenvalue weighted by atomic mass is 16.2. The smallest absolute Gasteiger partial charge is 0.255 e. The largest absolute Gasteiger partial charge is 0.370 e. The SMILES string of the molecule is Cc1ccc(C(=O)N2C[C@H]3CCN(c4cccnc4)C[C@H]3C2)cn1. The summed E-state index contributed by atoms with van der Waals surface area (Å²) in [6.45, 7) is 5.70. The molecule has 5 heteroatoms. The number of likely N-dealkylation sites (tertiary alicyclic amines) is 1. The third kappa shape index (κ3) is 2.86. The summed E-state index contributed by atoms with van der Waals surface area (Å²) in [4.78, 5) is 25.6. The molecule has 4 rings (SSSR count). The molecule has 0 saturated carbocycles. The lowest BCUT2D eigenvalue weighted by Crippen LogP contribution is -2.40. The van der Waals surface area contributed by atoms with Gasteiger partial charge in [0.05, 0.1) is 17.4 Å². The van der Waals surface area contributed by atoms with Crippen LogP contribution in [-0.2, 0) is 0 Å². The Kier molecular flexibility index (Phi) is 3.92. The fourth-order valence-corrected chi connectivity index (χ4v) is 3.89. The minimum atomic E-state index is 0.116. The topological polar surface area (TPSA) is 49.3 Å². The third-order valence-corrected chi connectivity index (χ3v) is 5.26. The van der Waals surface area contributed by atoms with Crippen molar-refractivity contribution in [2.45, 2.75) is 13.3 Å². The molecule has 0 bridgehead atoms. The van der Waals surface area contributed by atoms with Crippen LogP contribution in [0, 0.1) is 18.8 Å². The van der Waals surface area contributed by atoms with Gasteiger partial charge in [0.15, 0.2) is 0 Å². The van der Waals surface area contributed by atoms with E-state index in [1.54, 1.807) is 6.20 Å². The summed E-state index contributed by atoms with van der Waals surface area (Å²) in [5.41, 5.74) is 2.82. The molecule has 0 unspecified atom stereocenters. The molecule has 4 heterocycles. The van der Waals surface area contributed by atoms with Crippen LogP contribution in [0.15, 0.2) is 42.9 Å². The number of hydrogen-bond acceptors (Lipinski definition) is 4. The number of hydrogen-bond donors (Lipinski definition) is 0. The first-order valence-corrected chi connectivity index (χ1v) is 8.57. The first-order valence-electron chi connectivity index (χ1n) is 8.57. The van der Waals surface area contributed by atoms with Crippen molar-refractivity contribution in [3.63, 3.8) is 0 Å². The van der Waals surface area contributed by atoms with Gasteiger partial charge in [-0.3, -0.25) is 14.8 Å². The summed E-state index contributed by atoms with van der Waals surface area (Å²) in [7, 11) is 0. The van der Waals surface area contributed by atoms with Gasteiger partial charge in [0.25, 0.3) is 5.91 Å². The average molecular weight is 322 g/mol. The van der Waals surface area contributed by atoms with Crippen LogP contribution in [0.1, 0.15) is 22.5 Å². The molecule has 5 nitrogen and oxygen atoms in total. The Labute approximate surface area is 142 Å². The van der Waals surface area contributed by atoms with Crippen molar-refractivity contribution in [1.82, 2.24) is 14.9 Å². The summed E-state index contributed by atoms with van der Waals surface area (Å²) < 4.78 is 0. The second-order valence-corrected chi connectivity index (χ2v) is 6.86. The zero-order chi connectivity index (χ0) is 16.5. The monoisotopic (exact) mass is 322 g/mol. The van der Waals surface area contributed by atoms with Crippen molar-refractivity contribution >= 4 is 11.6 Å². The maximum absolute atomic E-state index is 12.7. The van der Waals surface area contributed by atoms with Gasteiger partial charge in [-0.05, 0) is 49.4 Å². The molecule has 2 aromatic rings. The van der Waals surface area contributed by atoms with Crippen LogP contribution in [0.4, 0.5) is 5.69 Å². The lowest BCUT2D eigenvalue weighted by atomic mass is 9.88. The number of carbonyl (C=O) groups excluding carboxylic acids is 1. The minimum Gasteiger partial charge on any atom is -0.370 e. The quantitative estimate of drug-likeness (QED) is 0.852. The first-order chi connectivity index (χ1) is 11.7. The molecule has 0 radical (unpaired) electrons. The summed E-state index contributed by atoms with van der Waals surface area (Å²) in [5, 5.41) is 0. The Bertz CT molecular complexity index is 716. The van der Waals surface area contributed by atoms with Gasteiger partial charge in [-0.1, -0.05) is 0 Å². The molecule has 2 aromatic heterocycles. The van der Waals surface area contributed by atoms with Crippen LogP contribution in [-0.4, -0.2) is 47.0 Å². The van der Waals surface area contributed by atoms with Gasteiger partial charge < -0.3 is 9.80 Å².